The molecular formula is C36H45N5O. The Morgan fingerprint density at radius 3 is 2.76 bits per heavy atom. The Hall–Kier alpha value is -4.06. The summed E-state index contributed by atoms with van der Waals surface area (Å²) >= 11 is 0. The Kier molecular flexibility index (Phi) is 10.5. The van der Waals surface area contributed by atoms with Crippen molar-refractivity contribution >= 4 is 40.2 Å². The first-order valence-electron chi connectivity index (χ1n) is 15.2. The zero-order valence-corrected chi connectivity index (χ0v) is 26.0. The topological polar surface area (TPSA) is 83.0 Å². The van der Waals surface area contributed by atoms with Gasteiger partial charge in [-0.3, -0.25) is 9.79 Å². The second kappa shape index (κ2) is 14.2. The lowest BCUT2D eigenvalue weighted by Gasteiger charge is -2.19. The number of anilines is 2. The SMILES string of the molecule is C=CC=C(C)C=C(CC(C)CC(=O)c1cc2cc(Nc3nccc(C4=CCC(C)C=N4)n3)cc(C)c2[nH]1)C(C)CCC. The van der Waals surface area contributed by atoms with Crippen molar-refractivity contribution < 1.29 is 4.79 Å². The van der Waals surface area contributed by atoms with E-state index in [2.05, 4.69) is 84.7 Å². The van der Waals surface area contributed by atoms with Crippen LogP contribution < -0.4 is 5.32 Å². The molecule has 0 saturated carbocycles. The van der Waals surface area contributed by atoms with Crippen LogP contribution in [0.3, 0.4) is 0 Å². The summed E-state index contributed by atoms with van der Waals surface area (Å²) in [5.74, 6) is 1.83. The third kappa shape index (κ3) is 8.03. The first kappa shape index (κ1) is 30.9. The maximum absolute atomic E-state index is 13.4. The predicted octanol–water partition coefficient (Wildman–Crippen LogP) is 9.56. The van der Waals surface area contributed by atoms with Gasteiger partial charge >= 0.3 is 0 Å². The second-order valence-electron chi connectivity index (χ2n) is 11.9. The van der Waals surface area contributed by atoms with Crippen LogP contribution in [0.1, 0.15) is 88.5 Å². The number of H-pyrrole nitrogens is 1. The van der Waals surface area contributed by atoms with Crippen LogP contribution in [0.2, 0.25) is 0 Å². The summed E-state index contributed by atoms with van der Waals surface area (Å²) in [5.41, 5.74) is 7.83. The average Bonchev–Trinajstić information content (AvgIpc) is 3.39. The van der Waals surface area contributed by atoms with E-state index in [1.165, 1.54) is 11.1 Å². The molecule has 1 aliphatic rings. The number of aliphatic imine (C=N–C) groups is 1. The molecule has 3 heterocycles. The summed E-state index contributed by atoms with van der Waals surface area (Å²) in [6.45, 7) is 16.8. The lowest BCUT2D eigenvalue weighted by Crippen LogP contribution is -2.10. The van der Waals surface area contributed by atoms with Gasteiger partial charge in [-0.1, -0.05) is 76.1 Å². The van der Waals surface area contributed by atoms with Crippen molar-refractivity contribution in [3.05, 3.63) is 89.4 Å². The highest BCUT2D eigenvalue weighted by Gasteiger charge is 2.18. The molecule has 0 saturated heterocycles. The fraction of sp³-hybridized carbons (Fsp3) is 0.389. The van der Waals surface area contributed by atoms with E-state index in [4.69, 9.17) is 0 Å². The maximum atomic E-state index is 13.4. The van der Waals surface area contributed by atoms with Crippen molar-refractivity contribution in [3.63, 3.8) is 0 Å². The molecule has 4 rings (SSSR count). The molecule has 1 aliphatic heterocycles. The molecular weight excluding hydrogens is 518 g/mol. The van der Waals surface area contributed by atoms with Crippen molar-refractivity contribution in [2.24, 2.45) is 22.7 Å². The van der Waals surface area contributed by atoms with E-state index < -0.39 is 0 Å². The van der Waals surface area contributed by atoms with Crippen LogP contribution in [0.25, 0.3) is 16.6 Å². The fourth-order valence-electron chi connectivity index (χ4n) is 5.58. The summed E-state index contributed by atoms with van der Waals surface area (Å²) in [6.07, 6.45) is 16.6. The minimum atomic E-state index is 0.139. The number of benzene rings is 1. The number of aryl methyl sites for hydroxylation is 1. The molecule has 0 amide bonds. The smallest absolute Gasteiger partial charge is 0.227 e. The summed E-state index contributed by atoms with van der Waals surface area (Å²) in [6, 6.07) is 7.94. The van der Waals surface area contributed by atoms with Crippen LogP contribution >= 0.6 is 0 Å². The third-order valence-electron chi connectivity index (χ3n) is 7.82. The number of aromatic nitrogens is 3. The number of carbonyl (C=O) groups excluding carboxylic acids is 1. The predicted molar refractivity (Wildman–Crippen MR) is 177 cm³/mol. The van der Waals surface area contributed by atoms with E-state index >= 15 is 0 Å². The highest BCUT2D eigenvalue weighted by Crippen LogP contribution is 2.30. The van der Waals surface area contributed by atoms with Crippen LogP contribution in [-0.2, 0) is 0 Å². The van der Waals surface area contributed by atoms with Gasteiger partial charge in [0.2, 0.25) is 5.95 Å². The van der Waals surface area contributed by atoms with E-state index in [0.29, 0.717) is 29.9 Å². The molecule has 3 unspecified atom stereocenters. The molecule has 2 N–H and O–H groups in total. The number of rotatable bonds is 13. The summed E-state index contributed by atoms with van der Waals surface area (Å²) in [4.78, 5) is 30.4. The molecule has 6 heteroatoms. The Bertz CT molecular complexity index is 1550. The number of nitrogens with zero attached hydrogens (tertiary/aromatic N) is 3. The van der Waals surface area contributed by atoms with Crippen molar-refractivity contribution in [1.82, 2.24) is 15.0 Å². The quantitative estimate of drug-likeness (QED) is 0.160. The normalized spacial score (nSPS) is 17.2. The van der Waals surface area contributed by atoms with Crippen LogP contribution in [0.4, 0.5) is 11.6 Å². The van der Waals surface area contributed by atoms with E-state index in [0.717, 1.165) is 59.2 Å². The zero-order valence-electron chi connectivity index (χ0n) is 26.0. The molecule has 0 bridgehead atoms. The van der Waals surface area contributed by atoms with Gasteiger partial charge < -0.3 is 10.3 Å². The van der Waals surface area contributed by atoms with Crippen LogP contribution in [0, 0.1) is 24.7 Å². The molecule has 42 heavy (non-hydrogen) atoms. The van der Waals surface area contributed by atoms with E-state index in [1.807, 2.05) is 43.5 Å². The maximum Gasteiger partial charge on any atom is 0.227 e. The van der Waals surface area contributed by atoms with Crippen molar-refractivity contribution in [3.8, 4) is 0 Å². The minimum Gasteiger partial charge on any atom is -0.352 e. The molecule has 0 spiro atoms. The Labute approximate surface area is 250 Å². The average molecular weight is 564 g/mol. The number of Topliss-reactive ketones (excluding diaryl/α,β-unsaturated/α-hetero) is 1. The molecule has 6 nitrogen and oxygen atoms in total. The number of hydrogen-bond acceptors (Lipinski definition) is 5. The molecule has 0 fully saturated rings. The van der Waals surface area contributed by atoms with Crippen LogP contribution in [0.5, 0.6) is 0 Å². The molecule has 220 valence electrons. The number of carbonyl (C=O) groups is 1. The summed E-state index contributed by atoms with van der Waals surface area (Å²) in [7, 11) is 0. The zero-order chi connectivity index (χ0) is 30.2. The number of nitrogens with one attached hydrogen (secondary N) is 2. The molecule has 0 aliphatic carbocycles. The van der Waals surface area contributed by atoms with E-state index in [9.17, 15) is 4.79 Å². The van der Waals surface area contributed by atoms with Gasteiger partial charge in [-0.05, 0) is 80.7 Å². The molecule has 1 aromatic carbocycles. The molecule has 2 aromatic heterocycles. The molecule has 0 radical (unpaired) electrons. The van der Waals surface area contributed by atoms with Gasteiger partial charge in [-0.25, -0.2) is 9.97 Å². The van der Waals surface area contributed by atoms with E-state index in [-0.39, 0.29) is 11.7 Å². The fourth-order valence-corrected chi connectivity index (χ4v) is 5.58. The largest absolute Gasteiger partial charge is 0.352 e. The van der Waals surface area contributed by atoms with Gasteiger partial charge in [0.25, 0.3) is 0 Å². The van der Waals surface area contributed by atoms with Gasteiger partial charge in [0, 0.05) is 35.4 Å². The number of aromatic amines is 1. The van der Waals surface area contributed by atoms with Gasteiger partial charge in [0.15, 0.2) is 5.78 Å². The van der Waals surface area contributed by atoms with Gasteiger partial charge in [0.1, 0.15) is 0 Å². The summed E-state index contributed by atoms with van der Waals surface area (Å²) in [5, 5.41) is 4.33. The number of hydrogen-bond donors (Lipinski definition) is 2. The highest BCUT2D eigenvalue weighted by atomic mass is 16.1. The number of allylic oxidation sites excluding steroid dienone is 6. The van der Waals surface area contributed by atoms with Crippen molar-refractivity contribution in [2.75, 3.05) is 5.32 Å². The first-order chi connectivity index (χ1) is 20.2. The third-order valence-corrected chi connectivity index (χ3v) is 7.82. The lowest BCUT2D eigenvalue weighted by atomic mass is 9.86. The Morgan fingerprint density at radius 2 is 2.05 bits per heavy atom. The second-order valence-corrected chi connectivity index (χ2v) is 11.9. The monoisotopic (exact) mass is 563 g/mol. The number of fused-ring (bicyclic) bond motifs is 1. The summed E-state index contributed by atoms with van der Waals surface area (Å²) < 4.78 is 0. The minimum absolute atomic E-state index is 0.139. The lowest BCUT2D eigenvalue weighted by molar-refractivity contribution is 0.0960. The van der Waals surface area contributed by atoms with Gasteiger partial charge in [-0.15, -0.1) is 0 Å². The standard InChI is InChI=1S/C36H45N5O/c1-8-10-23(3)16-28(26(6)11-9-2)17-25(5)18-34(42)33-21-29-20-30(19-27(7)35(29)40-33)39-36-37-15-14-32(41-36)31-13-12-24(4)22-38-31/h8,10,13-16,19-22,24-26,40H,1,9,11-12,17-18H2,2-7H3,(H,37,39,41). The Morgan fingerprint density at radius 1 is 1.24 bits per heavy atom. The first-order valence-corrected chi connectivity index (χ1v) is 15.2. The molecule has 3 aromatic rings. The number of ketones is 1. The van der Waals surface area contributed by atoms with Crippen LogP contribution in [-0.4, -0.2) is 26.9 Å². The van der Waals surface area contributed by atoms with E-state index in [1.54, 1.807) is 6.20 Å². The Balaban J connectivity index is 1.48. The van der Waals surface area contributed by atoms with Gasteiger partial charge in [0.05, 0.1) is 17.1 Å². The highest BCUT2D eigenvalue weighted by molar-refractivity contribution is 6.00. The molecule has 3 atom stereocenters. The van der Waals surface area contributed by atoms with Crippen molar-refractivity contribution in [1.29, 1.82) is 0 Å². The van der Waals surface area contributed by atoms with Crippen LogP contribution in [0.15, 0.2) is 77.5 Å². The van der Waals surface area contributed by atoms with Gasteiger partial charge in [-0.2, -0.15) is 0 Å². The van der Waals surface area contributed by atoms with Crippen molar-refractivity contribution in [2.45, 2.75) is 73.6 Å².